The van der Waals surface area contributed by atoms with Crippen LogP contribution in [0.1, 0.15) is 18.9 Å². The van der Waals surface area contributed by atoms with E-state index in [0.29, 0.717) is 12.2 Å². The van der Waals surface area contributed by atoms with E-state index in [4.69, 9.17) is 24.1 Å². The Morgan fingerprint density at radius 2 is 2.12 bits per heavy atom. The van der Waals surface area contributed by atoms with Gasteiger partial charge in [0.25, 0.3) is 0 Å². The molecule has 0 spiro atoms. The molecule has 0 aliphatic heterocycles. The van der Waals surface area contributed by atoms with Gasteiger partial charge in [0.2, 0.25) is 0 Å². The normalized spacial score (nSPS) is 10.8. The number of para-hydroxylation sites is 1. The molecule has 0 unspecified atom stereocenters. The fourth-order valence-corrected chi connectivity index (χ4v) is 2.85. The maximum absolute atomic E-state index is 11.1. The second-order valence-corrected chi connectivity index (χ2v) is 8.75. The first-order valence-corrected chi connectivity index (χ1v) is 10.2. The Labute approximate surface area is 108 Å². The first kappa shape index (κ1) is 13.8. The predicted molar refractivity (Wildman–Crippen MR) is 64.1 cm³/mol. The van der Waals surface area contributed by atoms with Crippen molar-refractivity contribution in [3.8, 4) is 5.75 Å². The third-order valence-electron chi connectivity index (χ3n) is 1.89. The molecule has 5 heteroatoms. The van der Waals surface area contributed by atoms with Gasteiger partial charge in [-0.15, -0.1) is 0 Å². The molecule has 1 aromatic carbocycles. The Bertz CT molecular complexity index is 401. The molecule has 2 nitrogen and oxygen atoms in total. The van der Waals surface area contributed by atoms with Gasteiger partial charge in [-0.25, -0.2) is 0 Å². The number of halogens is 2. The second kappa shape index (κ2) is 7.16. The van der Waals surface area contributed by atoms with E-state index in [0.717, 1.165) is 5.56 Å². The average molecular weight is 348 g/mol. The number of hydrogen-bond acceptors (Lipinski definition) is 2. The van der Waals surface area contributed by atoms with Crippen molar-refractivity contribution in [3.05, 3.63) is 29.8 Å². The van der Waals surface area contributed by atoms with Crippen molar-refractivity contribution in [2.75, 3.05) is 6.61 Å². The third-order valence-corrected chi connectivity index (χ3v) is 3.72. The minimum absolute atomic E-state index is 0.0701. The molecular formula is C11H12Cl2O2Ru. The van der Waals surface area contributed by atoms with Crippen LogP contribution in [0.15, 0.2) is 24.3 Å². The van der Waals surface area contributed by atoms with Gasteiger partial charge in [0.1, 0.15) is 0 Å². The Balaban J connectivity index is 2.79. The van der Waals surface area contributed by atoms with E-state index in [-0.39, 0.29) is 12.4 Å². The summed E-state index contributed by atoms with van der Waals surface area (Å²) in [6.07, 6.45) is 0.481. The van der Waals surface area contributed by atoms with Gasteiger partial charge < -0.3 is 0 Å². The monoisotopic (exact) mass is 348 g/mol. The van der Waals surface area contributed by atoms with Crippen molar-refractivity contribution < 1.29 is 23.0 Å². The van der Waals surface area contributed by atoms with Crippen LogP contribution in [0.4, 0.5) is 0 Å². The van der Waals surface area contributed by atoms with Crippen LogP contribution < -0.4 is 4.74 Å². The Morgan fingerprint density at radius 1 is 1.44 bits per heavy atom. The molecule has 0 saturated heterocycles. The molecule has 0 aromatic heterocycles. The molecule has 1 aromatic rings. The van der Waals surface area contributed by atoms with E-state index in [2.05, 4.69) is 0 Å². The summed E-state index contributed by atoms with van der Waals surface area (Å²) in [7, 11) is 11.6. The molecule has 0 atom stereocenters. The number of benzene rings is 1. The molecule has 16 heavy (non-hydrogen) atoms. The van der Waals surface area contributed by atoms with Crippen molar-refractivity contribution in [1.82, 2.24) is 0 Å². The van der Waals surface area contributed by atoms with Gasteiger partial charge in [-0.2, -0.15) is 0 Å². The Morgan fingerprint density at radius 3 is 2.75 bits per heavy atom. The van der Waals surface area contributed by atoms with Gasteiger partial charge in [-0.05, 0) is 0 Å². The third kappa shape index (κ3) is 4.73. The molecule has 1 rings (SSSR count). The van der Waals surface area contributed by atoms with E-state index in [1.54, 1.807) is 10.7 Å². The molecule has 0 fully saturated rings. The van der Waals surface area contributed by atoms with Crippen LogP contribution >= 0.6 is 19.4 Å². The standard InChI is InChI=1S/C11H12O2.2ClH.Ru/c1-3-10(12)8-13-11-7-5-4-6-9(11)2;;;/h2,4-7H,3,8H2,1H3;2*1H;/q;;;+2/p-2. The zero-order valence-electron chi connectivity index (χ0n) is 8.73. The molecule has 0 bridgehead atoms. The SMILES string of the molecule is CCC(=O)COc1ccccc1[CH]=[Ru]([Cl])[Cl]. The Hall–Kier alpha value is -0.237. The summed E-state index contributed by atoms with van der Waals surface area (Å²) in [5, 5.41) is 0. The number of hydrogen-bond donors (Lipinski definition) is 0. The maximum atomic E-state index is 11.1. The van der Waals surface area contributed by atoms with E-state index >= 15 is 0 Å². The number of ketones is 1. The summed E-state index contributed by atoms with van der Waals surface area (Å²) in [6, 6.07) is 7.41. The van der Waals surface area contributed by atoms with Crippen molar-refractivity contribution >= 4 is 29.8 Å². The average Bonchev–Trinajstić information content (AvgIpc) is 2.26. The number of Topliss-reactive ketones (excluding diaryl/α,β-unsaturated/α-hetero) is 1. The second-order valence-electron chi connectivity index (χ2n) is 3.03. The molecule has 90 valence electrons. The summed E-state index contributed by atoms with van der Waals surface area (Å²) in [4.78, 5) is 11.1. The van der Waals surface area contributed by atoms with Gasteiger partial charge in [0.05, 0.1) is 0 Å². The van der Waals surface area contributed by atoms with E-state index in [9.17, 15) is 4.79 Å². The molecular weight excluding hydrogens is 336 g/mol. The van der Waals surface area contributed by atoms with E-state index in [1.165, 1.54) is 0 Å². The topological polar surface area (TPSA) is 26.3 Å². The van der Waals surface area contributed by atoms with Gasteiger partial charge in [0.15, 0.2) is 0 Å². The molecule has 0 aliphatic rings. The zero-order valence-corrected chi connectivity index (χ0v) is 12.0. The van der Waals surface area contributed by atoms with Crippen LogP contribution in [0.25, 0.3) is 0 Å². The summed E-state index contributed by atoms with van der Waals surface area (Å²) in [5.41, 5.74) is 0.857. The molecule has 0 amide bonds. The number of carbonyl (C=O) groups is 1. The summed E-state index contributed by atoms with van der Waals surface area (Å²) in [5.74, 6) is 0.727. The molecule has 0 N–H and O–H groups in total. The summed E-state index contributed by atoms with van der Waals surface area (Å²) < 4.78 is 7.22. The van der Waals surface area contributed by atoms with Crippen LogP contribution in [0, 0.1) is 0 Å². The molecule has 0 aliphatic carbocycles. The van der Waals surface area contributed by atoms with Crippen LogP contribution in [0.2, 0.25) is 0 Å². The molecule has 0 heterocycles. The summed E-state index contributed by atoms with van der Waals surface area (Å²) >= 11 is -1.87. The summed E-state index contributed by atoms with van der Waals surface area (Å²) in [6.45, 7) is 1.91. The Kier molecular flexibility index (Phi) is 6.19. The van der Waals surface area contributed by atoms with Gasteiger partial charge in [0, 0.05) is 0 Å². The van der Waals surface area contributed by atoms with Crippen molar-refractivity contribution in [3.63, 3.8) is 0 Å². The minimum atomic E-state index is -1.87. The number of rotatable bonds is 5. The van der Waals surface area contributed by atoms with E-state index < -0.39 is 13.5 Å². The van der Waals surface area contributed by atoms with Crippen LogP contribution in [0.5, 0.6) is 5.75 Å². The van der Waals surface area contributed by atoms with Crippen molar-refractivity contribution in [1.29, 1.82) is 0 Å². The first-order valence-electron chi connectivity index (χ1n) is 4.70. The fraction of sp³-hybridized carbons (Fsp3) is 0.273. The number of ether oxygens (including phenoxy) is 1. The van der Waals surface area contributed by atoms with Crippen molar-refractivity contribution in [2.24, 2.45) is 0 Å². The van der Waals surface area contributed by atoms with Crippen LogP contribution in [0.3, 0.4) is 0 Å². The van der Waals surface area contributed by atoms with E-state index in [1.807, 2.05) is 25.1 Å². The van der Waals surface area contributed by atoms with Crippen LogP contribution in [-0.4, -0.2) is 17.0 Å². The fourth-order valence-electron chi connectivity index (χ4n) is 1.04. The van der Waals surface area contributed by atoms with Gasteiger partial charge in [-0.1, -0.05) is 0 Å². The molecule has 0 saturated carbocycles. The predicted octanol–water partition coefficient (Wildman–Crippen LogP) is 3.12. The zero-order chi connectivity index (χ0) is 12.0. The van der Waals surface area contributed by atoms with Gasteiger partial charge >= 0.3 is 108 Å². The number of carbonyl (C=O) groups excluding carboxylic acids is 1. The molecule has 0 radical (unpaired) electrons. The quantitative estimate of drug-likeness (QED) is 0.765. The van der Waals surface area contributed by atoms with Gasteiger partial charge in [-0.3, -0.25) is 0 Å². The van der Waals surface area contributed by atoms with Crippen LogP contribution in [-0.2, 0) is 18.3 Å². The van der Waals surface area contributed by atoms with Crippen molar-refractivity contribution in [2.45, 2.75) is 13.3 Å². The first-order chi connectivity index (χ1) is 7.63.